The molecule has 1 aromatic rings. The van der Waals surface area contributed by atoms with Crippen molar-refractivity contribution < 1.29 is 4.74 Å². The van der Waals surface area contributed by atoms with Crippen molar-refractivity contribution in [1.29, 1.82) is 0 Å². The fourth-order valence-corrected chi connectivity index (χ4v) is 2.25. The van der Waals surface area contributed by atoms with Crippen molar-refractivity contribution in [3.8, 4) is 5.75 Å². The van der Waals surface area contributed by atoms with Crippen LogP contribution in [-0.4, -0.2) is 42.7 Å². The second kappa shape index (κ2) is 6.59. The Morgan fingerprint density at radius 2 is 2.22 bits per heavy atom. The second-order valence-corrected chi connectivity index (χ2v) is 4.58. The molecular weight excluding hydrogens is 226 g/mol. The van der Waals surface area contributed by atoms with Crippen molar-refractivity contribution >= 4 is 5.82 Å². The van der Waals surface area contributed by atoms with E-state index in [1.165, 1.54) is 5.56 Å². The van der Waals surface area contributed by atoms with Crippen molar-refractivity contribution in [2.24, 2.45) is 0 Å². The quantitative estimate of drug-likeness (QED) is 0.751. The van der Waals surface area contributed by atoms with Crippen LogP contribution in [0.4, 0.5) is 5.82 Å². The minimum Gasteiger partial charge on any atom is -0.492 e. The zero-order valence-electron chi connectivity index (χ0n) is 11.4. The number of hydrogen-bond acceptors (Lipinski definition) is 4. The van der Waals surface area contributed by atoms with E-state index in [1.54, 1.807) is 0 Å². The molecule has 0 atom stereocenters. The summed E-state index contributed by atoms with van der Waals surface area (Å²) in [6.07, 6.45) is 3.94. The Morgan fingerprint density at radius 3 is 3.00 bits per heavy atom. The number of fused-ring (bicyclic) bond motifs is 1. The zero-order valence-corrected chi connectivity index (χ0v) is 11.4. The van der Waals surface area contributed by atoms with E-state index in [1.807, 2.05) is 6.20 Å². The summed E-state index contributed by atoms with van der Waals surface area (Å²) in [5.41, 5.74) is 1.27. The van der Waals surface area contributed by atoms with Crippen LogP contribution in [0, 0.1) is 0 Å². The monoisotopic (exact) mass is 249 g/mol. The van der Waals surface area contributed by atoms with Crippen LogP contribution in [0.2, 0.25) is 0 Å². The van der Waals surface area contributed by atoms with Gasteiger partial charge in [0.1, 0.15) is 11.6 Å². The van der Waals surface area contributed by atoms with Crippen LogP contribution in [0.1, 0.15) is 25.8 Å². The Balaban J connectivity index is 1.74. The maximum absolute atomic E-state index is 5.75. The standard InChI is InChI=1S/C14H23N3O/c1-3-17(4-2)8-5-9-18-13-10-12-6-7-15-14(12)16-11-13/h10-11H,3-9H2,1-2H3,(H,15,16). The van der Waals surface area contributed by atoms with E-state index in [-0.39, 0.29) is 0 Å². The lowest BCUT2D eigenvalue weighted by molar-refractivity contribution is 0.248. The lowest BCUT2D eigenvalue weighted by Crippen LogP contribution is -2.25. The summed E-state index contributed by atoms with van der Waals surface area (Å²) in [6, 6.07) is 2.11. The number of aromatic nitrogens is 1. The molecule has 0 unspecified atom stereocenters. The van der Waals surface area contributed by atoms with Gasteiger partial charge in [0.25, 0.3) is 0 Å². The van der Waals surface area contributed by atoms with Gasteiger partial charge in [0.15, 0.2) is 0 Å². The molecule has 0 saturated heterocycles. The molecule has 1 aliphatic heterocycles. The normalized spacial score (nSPS) is 13.5. The van der Waals surface area contributed by atoms with Crippen LogP contribution in [0.3, 0.4) is 0 Å². The van der Waals surface area contributed by atoms with E-state index in [0.29, 0.717) is 0 Å². The Kier molecular flexibility index (Phi) is 4.81. The van der Waals surface area contributed by atoms with Gasteiger partial charge in [0, 0.05) is 13.1 Å². The van der Waals surface area contributed by atoms with Gasteiger partial charge in [-0.1, -0.05) is 13.8 Å². The van der Waals surface area contributed by atoms with Crippen molar-refractivity contribution in [1.82, 2.24) is 9.88 Å². The third kappa shape index (κ3) is 3.35. The Labute approximate surface area is 109 Å². The molecule has 0 spiro atoms. The van der Waals surface area contributed by atoms with E-state index < -0.39 is 0 Å². The number of nitrogens with one attached hydrogen (secondary N) is 1. The van der Waals surface area contributed by atoms with Gasteiger partial charge in [-0.25, -0.2) is 4.98 Å². The van der Waals surface area contributed by atoms with E-state index >= 15 is 0 Å². The predicted molar refractivity (Wildman–Crippen MR) is 74.3 cm³/mol. The number of rotatable bonds is 7. The number of nitrogens with zero attached hydrogens (tertiary/aromatic N) is 2. The zero-order chi connectivity index (χ0) is 12.8. The highest BCUT2D eigenvalue weighted by Gasteiger charge is 2.11. The van der Waals surface area contributed by atoms with Crippen LogP contribution in [-0.2, 0) is 6.42 Å². The molecule has 1 aliphatic rings. The third-order valence-electron chi connectivity index (χ3n) is 3.41. The minimum atomic E-state index is 0.768. The molecule has 1 aromatic heterocycles. The molecule has 1 N–H and O–H groups in total. The molecule has 0 amide bonds. The first-order valence-corrected chi connectivity index (χ1v) is 6.91. The van der Waals surface area contributed by atoms with E-state index in [0.717, 1.165) is 57.2 Å². The molecule has 0 aliphatic carbocycles. The van der Waals surface area contributed by atoms with Crippen LogP contribution < -0.4 is 10.1 Å². The van der Waals surface area contributed by atoms with E-state index in [9.17, 15) is 0 Å². The molecule has 100 valence electrons. The number of hydrogen-bond donors (Lipinski definition) is 1. The summed E-state index contributed by atoms with van der Waals surface area (Å²) in [4.78, 5) is 6.77. The molecule has 4 heteroatoms. The highest BCUT2D eigenvalue weighted by atomic mass is 16.5. The molecule has 18 heavy (non-hydrogen) atoms. The van der Waals surface area contributed by atoms with Gasteiger partial charge in [-0.15, -0.1) is 0 Å². The van der Waals surface area contributed by atoms with E-state index in [4.69, 9.17) is 4.74 Å². The van der Waals surface area contributed by atoms with Gasteiger partial charge < -0.3 is 15.0 Å². The second-order valence-electron chi connectivity index (χ2n) is 4.58. The highest BCUT2D eigenvalue weighted by Crippen LogP contribution is 2.23. The largest absolute Gasteiger partial charge is 0.492 e. The molecule has 4 nitrogen and oxygen atoms in total. The van der Waals surface area contributed by atoms with Crippen molar-refractivity contribution in [3.63, 3.8) is 0 Å². The Bertz CT molecular complexity index is 377. The predicted octanol–water partition coefficient (Wildman–Crippen LogP) is 2.16. The first-order chi connectivity index (χ1) is 8.83. The third-order valence-corrected chi connectivity index (χ3v) is 3.41. The summed E-state index contributed by atoms with van der Waals surface area (Å²) in [6.45, 7) is 9.49. The number of pyridine rings is 1. The van der Waals surface area contributed by atoms with E-state index in [2.05, 4.69) is 35.1 Å². The summed E-state index contributed by atoms with van der Waals surface area (Å²) in [7, 11) is 0. The number of ether oxygens (including phenoxy) is 1. The average molecular weight is 249 g/mol. The van der Waals surface area contributed by atoms with Gasteiger partial charge in [0.05, 0.1) is 12.8 Å². The molecule has 2 rings (SSSR count). The lowest BCUT2D eigenvalue weighted by Gasteiger charge is -2.17. The molecule has 0 aromatic carbocycles. The van der Waals surface area contributed by atoms with Gasteiger partial charge in [0.2, 0.25) is 0 Å². The maximum atomic E-state index is 5.75. The van der Waals surface area contributed by atoms with Crippen LogP contribution in [0.15, 0.2) is 12.3 Å². The van der Waals surface area contributed by atoms with Gasteiger partial charge >= 0.3 is 0 Å². The van der Waals surface area contributed by atoms with Gasteiger partial charge in [-0.2, -0.15) is 0 Å². The average Bonchev–Trinajstić information content (AvgIpc) is 2.86. The van der Waals surface area contributed by atoms with Gasteiger partial charge in [-0.05, 0) is 37.6 Å². The molecule has 0 radical (unpaired) electrons. The Hall–Kier alpha value is -1.29. The van der Waals surface area contributed by atoms with Crippen LogP contribution >= 0.6 is 0 Å². The SMILES string of the molecule is CCN(CC)CCCOc1cnc2c(c1)CCN2. The fraction of sp³-hybridized carbons (Fsp3) is 0.643. The Morgan fingerprint density at radius 1 is 1.39 bits per heavy atom. The minimum absolute atomic E-state index is 0.768. The summed E-state index contributed by atoms with van der Waals surface area (Å²) < 4.78 is 5.75. The van der Waals surface area contributed by atoms with Crippen molar-refractivity contribution in [3.05, 3.63) is 17.8 Å². The molecule has 2 heterocycles. The summed E-state index contributed by atoms with van der Waals surface area (Å²) in [5.74, 6) is 1.92. The summed E-state index contributed by atoms with van der Waals surface area (Å²) >= 11 is 0. The molecule has 0 saturated carbocycles. The van der Waals surface area contributed by atoms with Crippen LogP contribution in [0.5, 0.6) is 5.75 Å². The highest BCUT2D eigenvalue weighted by molar-refractivity contribution is 5.51. The lowest BCUT2D eigenvalue weighted by atomic mass is 10.2. The molecule has 0 bridgehead atoms. The van der Waals surface area contributed by atoms with Crippen molar-refractivity contribution in [2.75, 3.05) is 38.1 Å². The van der Waals surface area contributed by atoms with Crippen LogP contribution in [0.25, 0.3) is 0 Å². The topological polar surface area (TPSA) is 37.4 Å². The van der Waals surface area contributed by atoms with Crippen molar-refractivity contribution in [2.45, 2.75) is 26.7 Å². The fourth-order valence-electron chi connectivity index (χ4n) is 2.25. The first kappa shape index (κ1) is 13.1. The first-order valence-electron chi connectivity index (χ1n) is 6.91. The summed E-state index contributed by atoms with van der Waals surface area (Å²) in [5, 5.41) is 3.25. The smallest absolute Gasteiger partial charge is 0.138 e. The molecule has 0 fully saturated rings. The maximum Gasteiger partial charge on any atom is 0.138 e. The number of anilines is 1. The van der Waals surface area contributed by atoms with Gasteiger partial charge in [-0.3, -0.25) is 0 Å². The molecular formula is C14H23N3O.